The average molecular weight is 379 g/mol. The summed E-state index contributed by atoms with van der Waals surface area (Å²) in [7, 11) is 2.91. The number of nitriles is 1. The predicted molar refractivity (Wildman–Crippen MR) is 103 cm³/mol. The molecule has 2 aromatic rings. The van der Waals surface area contributed by atoms with E-state index in [1.54, 1.807) is 43.5 Å². The molecule has 0 bridgehead atoms. The van der Waals surface area contributed by atoms with Gasteiger partial charge < -0.3 is 20.1 Å². The Morgan fingerprint density at radius 1 is 1.00 bits per heavy atom. The number of amides is 1. The second kappa shape index (κ2) is 10.4. The van der Waals surface area contributed by atoms with Crippen LogP contribution in [0.4, 0.5) is 0 Å². The summed E-state index contributed by atoms with van der Waals surface area (Å²) in [5.41, 5.74) is 2.21. The van der Waals surface area contributed by atoms with Crippen molar-refractivity contribution in [2.45, 2.75) is 13.1 Å². The molecule has 1 amide bonds. The molecule has 2 rings (SSSR count). The van der Waals surface area contributed by atoms with E-state index in [4.69, 9.17) is 4.74 Å². The quantitative estimate of drug-likeness (QED) is 0.415. The van der Waals surface area contributed by atoms with Crippen LogP contribution in [0.3, 0.4) is 0 Å². The van der Waals surface area contributed by atoms with Crippen LogP contribution in [-0.4, -0.2) is 26.1 Å². The number of methoxy groups -OCH3 is 2. The number of benzene rings is 2. The molecule has 0 saturated carbocycles. The maximum Gasteiger partial charge on any atom is 0.337 e. The van der Waals surface area contributed by atoms with E-state index in [0.29, 0.717) is 18.7 Å². The molecule has 7 nitrogen and oxygen atoms in total. The molecule has 7 heteroatoms. The number of carbonyl (C=O) groups excluding carboxylic acids is 2. The lowest BCUT2D eigenvalue weighted by atomic mass is 10.1. The van der Waals surface area contributed by atoms with Gasteiger partial charge >= 0.3 is 5.97 Å². The van der Waals surface area contributed by atoms with Crippen LogP contribution in [0.2, 0.25) is 0 Å². The highest BCUT2D eigenvalue weighted by Gasteiger charge is 2.08. The standard InChI is InChI=1S/C21H21N3O4/c1-27-19-9-5-16(6-10-19)13-24-20(25)18(11-22)14-23-12-15-3-7-17(8-4-15)21(26)28-2/h3-10,14,23H,12-13H2,1-2H3,(H,24,25)/b18-14-. The molecule has 0 spiro atoms. The van der Waals surface area contributed by atoms with Crippen molar-refractivity contribution in [3.8, 4) is 11.8 Å². The van der Waals surface area contributed by atoms with Crippen LogP contribution < -0.4 is 15.4 Å². The normalized spacial score (nSPS) is 10.5. The number of hydrogen-bond acceptors (Lipinski definition) is 6. The molecule has 0 aliphatic heterocycles. The maximum atomic E-state index is 12.1. The second-order valence-corrected chi connectivity index (χ2v) is 5.77. The van der Waals surface area contributed by atoms with Gasteiger partial charge in [-0.3, -0.25) is 4.79 Å². The van der Waals surface area contributed by atoms with Gasteiger partial charge in [-0.2, -0.15) is 5.26 Å². The fourth-order valence-electron chi connectivity index (χ4n) is 2.32. The number of nitrogens with one attached hydrogen (secondary N) is 2. The first-order valence-corrected chi connectivity index (χ1v) is 8.49. The maximum absolute atomic E-state index is 12.1. The van der Waals surface area contributed by atoms with Gasteiger partial charge in [-0.1, -0.05) is 24.3 Å². The predicted octanol–water partition coefficient (Wildman–Crippen LogP) is 2.30. The van der Waals surface area contributed by atoms with E-state index in [9.17, 15) is 14.9 Å². The van der Waals surface area contributed by atoms with E-state index in [1.165, 1.54) is 13.3 Å². The van der Waals surface area contributed by atoms with Gasteiger partial charge in [0.25, 0.3) is 5.91 Å². The molecule has 0 fully saturated rings. The fraction of sp³-hybridized carbons (Fsp3) is 0.190. The lowest BCUT2D eigenvalue weighted by molar-refractivity contribution is -0.117. The second-order valence-electron chi connectivity index (χ2n) is 5.77. The summed E-state index contributed by atoms with van der Waals surface area (Å²) in [4.78, 5) is 23.6. The lowest BCUT2D eigenvalue weighted by Crippen LogP contribution is -2.25. The van der Waals surface area contributed by atoms with Crippen molar-refractivity contribution < 1.29 is 19.1 Å². The number of hydrogen-bond donors (Lipinski definition) is 2. The van der Waals surface area contributed by atoms with Gasteiger partial charge in [0.05, 0.1) is 19.8 Å². The molecule has 2 aromatic carbocycles. The first-order valence-electron chi connectivity index (χ1n) is 8.49. The highest BCUT2D eigenvalue weighted by atomic mass is 16.5. The van der Waals surface area contributed by atoms with E-state index < -0.39 is 11.9 Å². The summed E-state index contributed by atoms with van der Waals surface area (Å²) < 4.78 is 9.73. The van der Waals surface area contributed by atoms with Gasteiger partial charge in [-0.15, -0.1) is 0 Å². The van der Waals surface area contributed by atoms with E-state index in [1.807, 2.05) is 18.2 Å². The first-order chi connectivity index (χ1) is 13.6. The van der Waals surface area contributed by atoms with Crippen LogP contribution in [0.25, 0.3) is 0 Å². The number of nitrogens with zero attached hydrogens (tertiary/aromatic N) is 1. The van der Waals surface area contributed by atoms with Crippen LogP contribution in [0.5, 0.6) is 5.75 Å². The third-order valence-electron chi connectivity index (χ3n) is 3.90. The molecule has 0 saturated heterocycles. The van der Waals surface area contributed by atoms with Crippen molar-refractivity contribution in [1.82, 2.24) is 10.6 Å². The van der Waals surface area contributed by atoms with Crippen molar-refractivity contribution >= 4 is 11.9 Å². The summed E-state index contributed by atoms with van der Waals surface area (Å²) in [6, 6.07) is 16.0. The largest absolute Gasteiger partial charge is 0.497 e. The van der Waals surface area contributed by atoms with Gasteiger partial charge in [0.2, 0.25) is 0 Å². The first kappa shape index (κ1) is 20.5. The molecule has 28 heavy (non-hydrogen) atoms. The minimum atomic E-state index is -0.466. The third-order valence-corrected chi connectivity index (χ3v) is 3.90. The Bertz CT molecular complexity index is 881. The molecule has 0 aromatic heterocycles. The zero-order chi connectivity index (χ0) is 20.4. The molecule has 0 atom stereocenters. The van der Waals surface area contributed by atoms with Gasteiger partial charge in [-0.05, 0) is 35.4 Å². The molecule has 2 N–H and O–H groups in total. The summed E-state index contributed by atoms with van der Waals surface area (Å²) in [6.07, 6.45) is 1.37. The Labute approximate surface area is 163 Å². The zero-order valence-corrected chi connectivity index (χ0v) is 15.7. The molecule has 0 heterocycles. The van der Waals surface area contributed by atoms with Gasteiger partial charge in [-0.25, -0.2) is 4.79 Å². The van der Waals surface area contributed by atoms with Crippen molar-refractivity contribution in [2.24, 2.45) is 0 Å². The molecular weight excluding hydrogens is 358 g/mol. The van der Waals surface area contributed by atoms with Crippen molar-refractivity contribution in [2.75, 3.05) is 14.2 Å². The summed E-state index contributed by atoms with van der Waals surface area (Å²) in [6.45, 7) is 0.704. The summed E-state index contributed by atoms with van der Waals surface area (Å²) in [5, 5.41) is 14.8. The van der Waals surface area contributed by atoms with E-state index >= 15 is 0 Å². The SMILES string of the molecule is COC(=O)c1ccc(CN/C=C(/C#N)C(=O)NCc2ccc(OC)cc2)cc1. The smallest absolute Gasteiger partial charge is 0.337 e. The number of rotatable bonds is 8. The molecule has 144 valence electrons. The van der Waals surface area contributed by atoms with E-state index in [0.717, 1.165) is 16.9 Å². The van der Waals surface area contributed by atoms with Crippen molar-refractivity contribution in [3.05, 3.63) is 77.0 Å². The van der Waals surface area contributed by atoms with E-state index in [2.05, 4.69) is 15.4 Å². The number of esters is 1. The zero-order valence-electron chi connectivity index (χ0n) is 15.7. The minimum Gasteiger partial charge on any atom is -0.497 e. The molecule has 0 unspecified atom stereocenters. The Morgan fingerprint density at radius 3 is 2.18 bits per heavy atom. The molecular formula is C21H21N3O4. The molecule has 0 aliphatic rings. The van der Waals surface area contributed by atoms with Gasteiger partial charge in [0.15, 0.2) is 0 Å². The van der Waals surface area contributed by atoms with Crippen LogP contribution in [0.15, 0.2) is 60.3 Å². The number of carbonyl (C=O) groups is 2. The van der Waals surface area contributed by atoms with Crippen molar-refractivity contribution in [1.29, 1.82) is 5.26 Å². The third kappa shape index (κ3) is 5.88. The summed E-state index contributed by atoms with van der Waals surface area (Å²) in [5.74, 6) is -0.136. The monoisotopic (exact) mass is 379 g/mol. The average Bonchev–Trinajstić information content (AvgIpc) is 2.75. The van der Waals surface area contributed by atoms with Gasteiger partial charge in [0.1, 0.15) is 17.4 Å². The Kier molecular flexibility index (Phi) is 7.61. The van der Waals surface area contributed by atoms with E-state index in [-0.39, 0.29) is 5.57 Å². The molecule has 0 aliphatic carbocycles. The Hall–Kier alpha value is -3.79. The summed E-state index contributed by atoms with van der Waals surface area (Å²) >= 11 is 0. The number of ether oxygens (including phenoxy) is 2. The Balaban J connectivity index is 1.87. The van der Waals surface area contributed by atoms with Crippen LogP contribution >= 0.6 is 0 Å². The van der Waals surface area contributed by atoms with Crippen molar-refractivity contribution in [3.63, 3.8) is 0 Å². The van der Waals surface area contributed by atoms with Crippen LogP contribution in [0.1, 0.15) is 21.5 Å². The highest BCUT2D eigenvalue weighted by molar-refractivity contribution is 5.97. The van der Waals surface area contributed by atoms with Gasteiger partial charge in [0, 0.05) is 19.3 Å². The van der Waals surface area contributed by atoms with Crippen LogP contribution in [-0.2, 0) is 22.6 Å². The Morgan fingerprint density at radius 2 is 1.61 bits per heavy atom. The highest BCUT2D eigenvalue weighted by Crippen LogP contribution is 2.11. The van der Waals surface area contributed by atoms with Crippen LogP contribution in [0, 0.1) is 11.3 Å². The topological polar surface area (TPSA) is 100 Å². The fourth-order valence-corrected chi connectivity index (χ4v) is 2.32. The molecule has 0 radical (unpaired) electrons. The minimum absolute atomic E-state index is 0.0281. The lowest BCUT2D eigenvalue weighted by Gasteiger charge is -2.07.